The Kier molecular flexibility index (Phi) is 8.06. The van der Waals surface area contributed by atoms with Crippen molar-refractivity contribution in [1.82, 2.24) is 19.9 Å². The zero-order valence-corrected chi connectivity index (χ0v) is 36.7. The normalized spacial score (nSPS) is 20.1. The Morgan fingerprint density at radius 3 is 1.44 bits per heavy atom. The maximum atomic E-state index is 5.60. The Balaban J connectivity index is 1.20. The first-order chi connectivity index (χ1) is 30.4. The molecule has 6 aromatic carbocycles. The van der Waals surface area contributed by atoms with Crippen LogP contribution in [0, 0.1) is 5.92 Å². The number of benzene rings is 6. The lowest BCUT2D eigenvalue weighted by Crippen LogP contribution is -2.60. The molecule has 12 rings (SSSR count). The fraction of sp³-hybridized carbons (Fsp3) is 0.236. The molecule has 0 radical (unpaired) electrons. The summed E-state index contributed by atoms with van der Waals surface area (Å²) in [6.45, 7) is 18.7. The number of fused-ring (bicyclic) bond motifs is 16. The van der Waals surface area contributed by atoms with Gasteiger partial charge in [-0.25, -0.2) is 19.9 Å². The maximum Gasteiger partial charge on any atom is 0.179 e. The average molecular weight is 823 g/mol. The minimum atomic E-state index is -0.301. The van der Waals surface area contributed by atoms with Gasteiger partial charge in [-0.1, -0.05) is 127 Å². The zero-order valence-electron chi connectivity index (χ0n) is 36.7. The fourth-order valence-corrected chi connectivity index (χ4v) is 10.7. The Labute approximate surface area is 369 Å². The highest BCUT2D eigenvalue weighted by Crippen LogP contribution is 2.62. The van der Waals surface area contributed by atoms with E-state index < -0.39 is 0 Å². The molecule has 0 spiro atoms. The fourth-order valence-electron chi connectivity index (χ4n) is 10.7. The predicted octanol–water partition coefficient (Wildman–Crippen LogP) is 13.2. The molecule has 4 aliphatic rings. The molecular formula is C55H50N8. The molecule has 8 aromatic rings. The second-order valence-electron chi connectivity index (χ2n) is 19.7. The van der Waals surface area contributed by atoms with E-state index in [1.807, 2.05) is 12.1 Å². The second kappa shape index (κ2) is 13.5. The Bertz CT molecular complexity index is 3150. The van der Waals surface area contributed by atoms with Gasteiger partial charge in [-0.05, 0) is 106 Å². The van der Waals surface area contributed by atoms with Gasteiger partial charge in [0.25, 0.3) is 0 Å². The average Bonchev–Trinajstić information content (AvgIpc) is 3.78. The number of nitrogens with zero attached hydrogens (tertiary/aromatic N) is 8. The summed E-state index contributed by atoms with van der Waals surface area (Å²) in [6.07, 6.45) is 0.203. The first kappa shape index (κ1) is 37.7. The molecule has 8 nitrogen and oxygen atoms in total. The SMILES string of the molecule is C=C1CC2c3ccccc3N3c4nc5ccccc5nc4N(c4ccccc4)C3C2C2N(c3ccc(C(C)(C)C)cc3)c3nc4ccccc4nc3N2c2ccc(C(C)(C)C)cc21. The van der Waals surface area contributed by atoms with Crippen molar-refractivity contribution in [2.45, 2.75) is 77.0 Å². The molecule has 0 fully saturated rings. The van der Waals surface area contributed by atoms with Crippen LogP contribution < -0.4 is 19.6 Å². The molecule has 2 aromatic heterocycles. The van der Waals surface area contributed by atoms with Gasteiger partial charge in [-0.2, -0.15) is 0 Å². The summed E-state index contributed by atoms with van der Waals surface area (Å²) >= 11 is 0. The first-order valence-electron chi connectivity index (χ1n) is 22.2. The van der Waals surface area contributed by atoms with E-state index in [-0.39, 0.29) is 35.0 Å². The summed E-state index contributed by atoms with van der Waals surface area (Å²) in [6, 6.07) is 52.5. The van der Waals surface area contributed by atoms with E-state index in [0.717, 1.165) is 85.6 Å². The molecule has 8 heteroatoms. The van der Waals surface area contributed by atoms with Gasteiger partial charge in [-0.15, -0.1) is 0 Å². The van der Waals surface area contributed by atoms with Crippen molar-refractivity contribution in [2.75, 3.05) is 19.6 Å². The molecule has 0 saturated heterocycles. The standard InChI is InChI=1S/C55H50N8/c1-33-31-40-38-19-11-16-24-45(38)62-50-48(56-41-20-12-14-22-43(41)58-50)60(36-17-9-8-10-18-36)52(62)47(40)53-61(37-28-25-34(26-29-37)54(2,3)4)49-51(59-44-23-15-13-21-42(44)57-49)63(53)46-30-27-35(32-39(33)46)55(5,6)7/h8-30,32,40,47,52-53H,1,31H2,2-7H3. The number of para-hydroxylation sites is 6. The number of rotatable bonds is 2. The highest BCUT2D eigenvalue weighted by molar-refractivity contribution is 5.95. The van der Waals surface area contributed by atoms with E-state index in [9.17, 15) is 0 Å². The van der Waals surface area contributed by atoms with E-state index in [4.69, 9.17) is 26.5 Å². The maximum absolute atomic E-state index is 5.60. The lowest BCUT2D eigenvalue weighted by atomic mass is 9.71. The smallest absolute Gasteiger partial charge is 0.179 e. The molecule has 4 unspecified atom stereocenters. The van der Waals surface area contributed by atoms with Gasteiger partial charge >= 0.3 is 0 Å². The molecule has 0 amide bonds. The number of hydrogen-bond acceptors (Lipinski definition) is 8. The van der Waals surface area contributed by atoms with Crippen molar-refractivity contribution in [3.8, 4) is 0 Å². The lowest BCUT2D eigenvalue weighted by Gasteiger charge is -2.53. The predicted molar refractivity (Wildman–Crippen MR) is 258 cm³/mol. The molecule has 310 valence electrons. The van der Waals surface area contributed by atoms with E-state index in [1.54, 1.807) is 0 Å². The van der Waals surface area contributed by atoms with Crippen LogP contribution in [0.3, 0.4) is 0 Å². The molecule has 63 heavy (non-hydrogen) atoms. The number of anilines is 8. The lowest BCUT2D eigenvalue weighted by molar-refractivity contribution is 0.289. The molecule has 0 aliphatic carbocycles. The van der Waals surface area contributed by atoms with Crippen LogP contribution >= 0.6 is 0 Å². The van der Waals surface area contributed by atoms with Crippen molar-refractivity contribution < 1.29 is 0 Å². The minimum absolute atomic E-state index is 0.0121. The van der Waals surface area contributed by atoms with Gasteiger partial charge in [0.2, 0.25) is 0 Å². The van der Waals surface area contributed by atoms with Gasteiger partial charge < -0.3 is 19.6 Å². The van der Waals surface area contributed by atoms with Crippen LogP contribution in [0.15, 0.2) is 152 Å². The van der Waals surface area contributed by atoms with Gasteiger partial charge in [0, 0.05) is 34.5 Å². The number of aromatic nitrogens is 4. The molecule has 4 atom stereocenters. The third-order valence-electron chi connectivity index (χ3n) is 13.8. The zero-order chi connectivity index (χ0) is 42.9. The topological polar surface area (TPSA) is 64.5 Å². The number of allylic oxidation sites excluding steroid dienone is 1. The molecule has 4 aliphatic heterocycles. The summed E-state index contributed by atoms with van der Waals surface area (Å²) in [5, 5.41) is 0. The second-order valence-corrected chi connectivity index (χ2v) is 19.7. The summed E-state index contributed by atoms with van der Waals surface area (Å²) in [5.41, 5.74) is 13.9. The van der Waals surface area contributed by atoms with Crippen LogP contribution in [0.4, 0.5) is 46.0 Å². The Hall–Kier alpha value is -7.06. The van der Waals surface area contributed by atoms with Gasteiger partial charge in [-0.3, -0.25) is 0 Å². The third kappa shape index (κ3) is 5.66. The molecular weight excluding hydrogens is 773 g/mol. The van der Waals surface area contributed by atoms with Gasteiger partial charge in [0.05, 0.1) is 27.8 Å². The Morgan fingerprint density at radius 1 is 0.460 bits per heavy atom. The molecule has 0 bridgehead atoms. The summed E-state index contributed by atoms with van der Waals surface area (Å²) in [4.78, 5) is 32.2. The van der Waals surface area contributed by atoms with E-state index in [0.29, 0.717) is 0 Å². The van der Waals surface area contributed by atoms with Crippen molar-refractivity contribution >= 4 is 73.7 Å². The van der Waals surface area contributed by atoms with Crippen LogP contribution in [0.5, 0.6) is 0 Å². The number of hydrogen-bond donors (Lipinski definition) is 0. The third-order valence-corrected chi connectivity index (χ3v) is 13.8. The van der Waals surface area contributed by atoms with Crippen molar-refractivity contribution in [3.05, 3.63) is 174 Å². The van der Waals surface area contributed by atoms with Crippen molar-refractivity contribution in [1.29, 1.82) is 0 Å². The van der Waals surface area contributed by atoms with Crippen molar-refractivity contribution in [3.63, 3.8) is 0 Å². The highest BCUT2D eigenvalue weighted by atomic mass is 15.5. The van der Waals surface area contributed by atoms with Gasteiger partial charge in [0.1, 0.15) is 12.3 Å². The first-order valence-corrected chi connectivity index (χ1v) is 22.2. The summed E-state index contributed by atoms with van der Waals surface area (Å²) in [5.74, 6) is 3.28. The molecule has 0 N–H and O–H groups in total. The van der Waals surface area contributed by atoms with Crippen LogP contribution in [0.2, 0.25) is 0 Å². The quantitative estimate of drug-likeness (QED) is 0.171. The van der Waals surface area contributed by atoms with Crippen LogP contribution in [-0.2, 0) is 10.8 Å². The van der Waals surface area contributed by atoms with Crippen LogP contribution in [-0.4, -0.2) is 32.3 Å². The van der Waals surface area contributed by atoms with Gasteiger partial charge in [0.15, 0.2) is 23.3 Å². The highest BCUT2D eigenvalue weighted by Gasteiger charge is 2.59. The molecule has 0 saturated carbocycles. The Morgan fingerprint density at radius 2 is 0.905 bits per heavy atom. The van der Waals surface area contributed by atoms with E-state index in [1.165, 1.54) is 16.7 Å². The van der Waals surface area contributed by atoms with E-state index >= 15 is 0 Å². The summed E-state index contributed by atoms with van der Waals surface area (Å²) in [7, 11) is 0. The van der Waals surface area contributed by atoms with E-state index in [2.05, 4.69) is 195 Å². The van der Waals surface area contributed by atoms with Crippen LogP contribution in [0.25, 0.3) is 27.6 Å². The van der Waals surface area contributed by atoms with Crippen molar-refractivity contribution in [2.24, 2.45) is 5.92 Å². The summed E-state index contributed by atoms with van der Waals surface area (Å²) < 4.78 is 0. The minimum Gasteiger partial charge on any atom is -0.301 e. The molecule has 6 heterocycles. The monoisotopic (exact) mass is 822 g/mol. The largest absolute Gasteiger partial charge is 0.301 e. The van der Waals surface area contributed by atoms with Crippen LogP contribution in [0.1, 0.15) is 76.1 Å².